The molecule has 1 N–H and O–H groups in total. The lowest BCUT2D eigenvalue weighted by Crippen LogP contribution is -2.06. The molecular weight excluding hydrogens is 210 g/mol. The van der Waals surface area contributed by atoms with E-state index in [9.17, 15) is 0 Å². The second-order valence-corrected chi connectivity index (χ2v) is 4.08. The van der Waals surface area contributed by atoms with Gasteiger partial charge in [-0.25, -0.2) is 9.66 Å². The maximum Gasteiger partial charge on any atom is 0.116 e. The third kappa shape index (κ3) is 1.87. The fourth-order valence-electron chi connectivity index (χ4n) is 1.82. The summed E-state index contributed by atoms with van der Waals surface area (Å²) in [6, 6.07) is 16.3. The van der Waals surface area contributed by atoms with E-state index in [4.69, 9.17) is 0 Å². The molecule has 0 radical (unpaired) electrons. The molecule has 0 spiro atoms. The zero-order chi connectivity index (χ0) is 11.7. The van der Waals surface area contributed by atoms with E-state index in [0.717, 1.165) is 16.7 Å². The summed E-state index contributed by atoms with van der Waals surface area (Å²) >= 11 is 0. The van der Waals surface area contributed by atoms with Crippen LogP contribution in [0.5, 0.6) is 0 Å². The number of hydrogen-bond donors (Lipinski definition) is 1. The molecule has 0 bridgehead atoms. The number of rotatable bonds is 2. The highest BCUT2D eigenvalue weighted by molar-refractivity contribution is 5.75. The van der Waals surface area contributed by atoms with E-state index in [1.165, 1.54) is 5.56 Å². The Balaban J connectivity index is 1.97. The molecule has 0 aliphatic heterocycles. The van der Waals surface area contributed by atoms with Crippen molar-refractivity contribution in [3.63, 3.8) is 0 Å². The quantitative estimate of drug-likeness (QED) is 0.723. The number of para-hydroxylation sites is 2. The molecule has 17 heavy (non-hydrogen) atoms. The molecule has 2 aromatic carbocycles. The van der Waals surface area contributed by atoms with Crippen molar-refractivity contribution in [3.05, 3.63) is 60.4 Å². The maximum absolute atomic E-state index is 4.33. The molecule has 3 nitrogen and oxygen atoms in total. The third-order valence-corrected chi connectivity index (χ3v) is 2.75. The van der Waals surface area contributed by atoms with E-state index in [2.05, 4.69) is 41.6 Å². The topological polar surface area (TPSA) is 29.9 Å². The Labute approximate surface area is 99.7 Å². The summed E-state index contributed by atoms with van der Waals surface area (Å²) in [5.41, 5.74) is 7.69. The van der Waals surface area contributed by atoms with Crippen molar-refractivity contribution in [3.8, 4) is 0 Å². The Morgan fingerprint density at radius 1 is 1.00 bits per heavy atom. The van der Waals surface area contributed by atoms with Crippen LogP contribution in [0.15, 0.2) is 54.9 Å². The number of imidazole rings is 1. The average Bonchev–Trinajstić information content (AvgIpc) is 2.76. The molecule has 0 saturated carbocycles. The van der Waals surface area contributed by atoms with Crippen LogP contribution in [-0.2, 0) is 0 Å². The first-order valence-electron chi connectivity index (χ1n) is 5.59. The van der Waals surface area contributed by atoms with Crippen LogP contribution >= 0.6 is 0 Å². The van der Waals surface area contributed by atoms with Crippen molar-refractivity contribution in [1.82, 2.24) is 9.66 Å². The molecular formula is C14H13N3. The summed E-state index contributed by atoms with van der Waals surface area (Å²) in [5.74, 6) is 0. The number of hydrogen-bond acceptors (Lipinski definition) is 2. The first-order valence-corrected chi connectivity index (χ1v) is 5.59. The highest BCUT2D eigenvalue weighted by Crippen LogP contribution is 2.14. The van der Waals surface area contributed by atoms with Crippen molar-refractivity contribution in [1.29, 1.82) is 0 Å². The van der Waals surface area contributed by atoms with Gasteiger partial charge < -0.3 is 0 Å². The number of fused-ring (bicyclic) bond motifs is 1. The van der Waals surface area contributed by atoms with Gasteiger partial charge in [-0.1, -0.05) is 29.8 Å². The van der Waals surface area contributed by atoms with Gasteiger partial charge in [0.2, 0.25) is 0 Å². The van der Waals surface area contributed by atoms with E-state index in [1.54, 1.807) is 6.33 Å². The van der Waals surface area contributed by atoms with E-state index in [-0.39, 0.29) is 0 Å². The van der Waals surface area contributed by atoms with Gasteiger partial charge in [0.05, 0.1) is 16.7 Å². The SMILES string of the molecule is Cc1ccc(Nn2cnc3ccccc32)cc1. The van der Waals surface area contributed by atoms with Crippen LogP contribution in [0.2, 0.25) is 0 Å². The van der Waals surface area contributed by atoms with Crippen molar-refractivity contribution in [2.75, 3.05) is 5.43 Å². The third-order valence-electron chi connectivity index (χ3n) is 2.75. The standard InChI is InChI=1S/C14H13N3/c1-11-6-8-12(9-7-11)16-17-10-15-13-4-2-3-5-14(13)17/h2-10,16H,1H3. The molecule has 0 aliphatic carbocycles. The Kier molecular flexibility index (Phi) is 2.29. The highest BCUT2D eigenvalue weighted by Gasteiger charge is 2.00. The van der Waals surface area contributed by atoms with Gasteiger partial charge in [-0.05, 0) is 31.2 Å². The predicted octanol–water partition coefficient (Wildman–Crippen LogP) is 3.22. The Bertz CT molecular complexity index is 638. The summed E-state index contributed by atoms with van der Waals surface area (Å²) in [6.07, 6.45) is 1.80. The molecule has 0 aliphatic rings. The fraction of sp³-hybridized carbons (Fsp3) is 0.0714. The minimum atomic E-state index is 0.993. The van der Waals surface area contributed by atoms with Gasteiger partial charge in [0.25, 0.3) is 0 Å². The van der Waals surface area contributed by atoms with Gasteiger partial charge in [0, 0.05) is 0 Å². The lowest BCUT2D eigenvalue weighted by Gasteiger charge is -2.08. The first kappa shape index (κ1) is 9.90. The first-order chi connectivity index (χ1) is 8.33. The summed E-state index contributed by atoms with van der Waals surface area (Å²) in [6.45, 7) is 2.08. The second-order valence-electron chi connectivity index (χ2n) is 4.08. The Morgan fingerprint density at radius 3 is 2.59 bits per heavy atom. The van der Waals surface area contributed by atoms with Crippen LogP contribution in [-0.4, -0.2) is 9.66 Å². The van der Waals surface area contributed by atoms with Crippen LogP contribution < -0.4 is 5.43 Å². The largest absolute Gasteiger partial charge is 0.293 e. The molecule has 84 valence electrons. The van der Waals surface area contributed by atoms with Crippen molar-refractivity contribution in [2.45, 2.75) is 6.92 Å². The maximum atomic E-state index is 4.33. The fourth-order valence-corrected chi connectivity index (χ4v) is 1.82. The number of nitrogens with one attached hydrogen (secondary N) is 1. The molecule has 1 heterocycles. The van der Waals surface area contributed by atoms with Gasteiger partial charge in [-0.15, -0.1) is 0 Å². The Morgan fingerprint density at radius 2 is 1.76 bits per heavy atom. The van der Waals surface area contributed by atoms with Crippen molar-refractivity contribution < 1.29 is 0 Å². The molecule has 0 saturated heterocycles. The number of benzene rings is 2. The minimum Gasteiger partial charge on any atom is -0.293 e. The van der Waals surface area contributed by atoms with Gasteiger partial charge in [-0.3, -0.25) is 5.43 Å². The number of nitrogens with zero attached hydrogens (tertiary/aromatic N) is 2. The number of anilines is 1. The highest BCUT2D eigenvalue weighted by atomic mass is 15.4. The minimum absolute atomic E-state index is 0.993. The number of aromatic nitrogens is 2. The van der Waals surface area contributed by atoms with Crippen LogP contribution in [0, 0.1) is 6.92 Å². The molecule has 3 rings (SSSR count). The number of aryl methyl sites for hydroxylation is 1. The Hall–Kier alpha value is -2.29. The average molecular weight is 223 g/mol. The summed E-state index contributed by atoms with van der Waals surface area (Å²) in [7, 11) is 0. The second kappa shape index (κ2) is 3.94. The molecule has 3 aromatic rings. The molecule has 0 amide bonds. The predicted molar refractivity (Wildman–Crippen MR) is 69.9 cm³/mol. The lowest BCUT2D eigenvalue weighted by atomic mass is 10.2. The van der Waals surface area contributed by atoms with Gasteiger partial charge >= 0.3 is 0 Å². The zero-order valence-electron chi connectivity index (χ0n) is 9.59. The van der Waals surface area contributed by atoms with Crippen LogP contribution in [0.25, 0.3) is 11.0 Å². The van der Waals surface area contributed by atoms with Crippen molar-refractivity contribution >= 4 is 16.7 Å². The van der Waals surface area contributed by atoms with Crippen LogP contribution in [0.3, 0.4) is 0 Å². The lowest BCUT2D eigenvalue weighted by molar-refractivity contribution is 0.988. The van der Waals surface area contributed by atoms with Gasteiger partial charge in [-0.2, -0.15) is 0 Å². The molecule has 1 aromatic heterocycles. The summed E-state index contributed by atoms with van der Waals surface area (Å²) < 4.78 is 1.93. The monoisotopic (exact) mass is 223 g/mol. The summed E-state index contributed by atoms with van der Waals surface area (Å²) in [4.78, 5) is 4.33. The molecule has 0 atom stereocenters. The van der Waals surface area contributed by atoms with E-state index in [0.29, 0.717) is 0 Å². The summed E-state index contributed by atoms with van der Waals surface area (Å²) in [5, 5.41) is 0. The smallest absolute Gasteiger partial charge is 0.116 e. The molecule has 0 fully saturated rings. The van der Waals surface area contributed by atoms with Gasteiger partial charge in [0.15, 0.2) is 0 Å². The normalized spacial score (nSPS) is 10.6. The molecule has 3 heteroatoms. The van der Waals surface area contributed by atoms with E-state index < -0.39 is 0 Å². The van der Waals surface area contributed by atoms with Crippen molar-refractivity contribution in [2.24, 2.45) is 0 Å². The van der Waals surface area contributed by atoms with Crippen LogP contribution in [0.4, 0.5) is 5.69 Å². The van der Waals surface area contributed by atoms with E-state index in [1.807, 2.05) is 28.9 Å². The van der Waals surface area contributed by atoms with Gasteiger partial charge in [0.1, 0.15) is 6.33 Å². The zero-order valence-corrected chi connectivity index (χ0v) is 9.59. The van der Waals surface area contributed by atoms with E-state index >= 15 is 0 Å². The van der Waals surface area contributed by atoms with Crippen LogP contribution in [0.1, 0.15) is 5.56 Å². The molecule has 0 unspecified atom stereocenters.